The van der Waals surface area contributed by atoms with Crippen molar-refractivity contribution in [2.45, 2.75) is 30.4 Å². The van der Waals surface area contributed by atoms with Gasteiger partial charge in [0.15, 0.2) is 0 Å². The van der Waals surface area contributed by atoms with Crippen LogP contribution >= 0.6 is 0 Å². The smallest absolute Gasteiger partial charge is 0.335 e. The summed E-state index contributed by atoms with van der Waals surface area (Å²) in [5.41, 5.74) is 2.48. The second-order valence-corrected chi connectivity index (χ2v) is 6.67. The van der Waals surface area contributed by atoms with Crippen molar-refractivity contribution in [1.82, 2.24) is 0 Å². The number of aromatic carboxylic acids is 1. The summed E-state index contributed by atoms with van der Waals surface area (Å²) >= 11 is 0. The second kappa shape index (κ2) is 6.68. The van der Waals surface area contributed by atoms with Crippen LogP contribution in [0.2, 0.25) is 0 Å². The van der Waals surface area contributed by atoms with Gasteiger partial charge in [-0.15, -0.1) is 0 Å². The summed E-state index contributed by atoms with van der Waals surface area (Å²) < 4.78 is 12.3. The molecule has 2 aromatic rings. The first-order valence-corrected chi connectivity index (χ1v) is 8.10. The van der Waals surface area contributed by atoms with E-state index in [4.69, 9.17) is 5.11 Å². The molecule has 2 rings (SSSR count). The van der Waals surface area contributed by atoms with Crippen molar-refractivity contribution < 1.29 is 14.1 Å². The Kier molecular flexibility index (Phi) is 4.91. The number of carboxylic acid groups (broad SMARTS) is 1. The van der Waals surface area contributed by atoms with E-state index in [2.05, 4.69) is 26.0 Å². The lowest BCUT2D eigenvalue weighted by Gasteiger charge is -2.07. The molecule has 0 amide bonds. The van der Waals surface area contributed by atoms with Gasteiger partial charge in [-0.3, -0.25) is 4.21 Å². The zero-order valence-corrected chi connectivity index (χ0v) is 12.9. The van der Waals surface area contributed by atoms with Crippen LogP contribution in [0.1, 0.15) is 41.3 Å². The molecule has 110 valence electrons. The Morgan fingerprint density at radius 3 is 2.10 bits per heavy atom. The highest BCUT2D eigenvalue weighted by Gasteiger charge is 2.08. The van der Waals surface area contributed by atoms with Crippen molar-refractivity contribution in [3.8, 4) is 0 Å². The van der Waals surface area contributed by atoms with E-state index in [0.29, 0.717) is 16.6 Å². The first-order valence-electron chi connectivity index (χ1n) is 6.78. The van der Waals surface area contributed by atoms with Crippen LogP contribution in [0.5, 0.6) is 0 Å². The summed E-state index contributed by atoms with van der Waals surface area (Å²) in [4.78, 5) is 11.4. The lowest BCUT2D eigenvalue weighted by atomic mass is 10.0. The molecular formula is C17H18O3S. The molecular weight excluding hydrogens is 284 g/mol. The van der Waals surface area contributed by atoms with Gasteiger partial charge in [0, 0.05) is 4.90 Å². The Balaban J connectivity index is 2.08. The van der Waals surface area contributed by atoms with E-state index >= 15 is 0 Å². The van der Waals surface area contributed by atoms with Gasteiger partial charge in [-0.05, 0) is 41.3 Å². The molecule has 0 saturated carbocycles. The molecule has 3 nitrogen and oxygen atoms in total. The summed E-state index contributed by atoms with van der Waals surface area (Å²) in [6, 6.07) is 14.3. The Bertz CT molecular complexity index is 643. The lowest BCUT2D eigenvalue weighted by molar-refractivity contribution is 0.0697. The molecule has 0 aliphatic carbocycles. The molecule has 0 aliphatic rings. The van der Waals surface area contributed by atoms with Crippen LogP contribution in [0, 0.1) is 0 Å². The molecule has 0 bridgehead atoms. The average Bonchev–Trinajstić information content (AvgIpc) is 2.47. The molecule has 0 radical (unpaired) electrons. The third-order valence-electron chi connectivity index (χ3n) is 3.31. The van der Waals surface area contributed by atoms with Gasteiger partial charge in [-0.2, -0.15) is 0 Å². The minimum atomic E-state index is -1.17. The molecule has 0 fully saturated rings. The summed E-state index contributed by atoms with van der Waals surface area (Å²) in [7, 11) is -1.17. The van der Waals surface area contributed by atoms with Gasteiger partial charge in [0.05, 0.1) is 22.1 Å². The Labute approximate surface area is 127 Å². The van der Waals surface area contributed by atoms with E-state index in [0.717, 1.165) is 5.56 Å². The van der Waals surface area contributed by atoms with Crippen molar-refractivity contribution in [3.05, 3.63) is 65.2 Å². The largest absolute Gasteiger partial charge is 0.478 e. The zero-order valence-electron chi connectivity index (χ0n) is 12.1. The maximum atomic E-state index is 12.3. The molecule has 1 atom stereocenters. The maximum Gasteiger partial charge on any atom is 0.335 e. The lowest BCUT2D eigenvalue weighted by Crippen LogP contribution is -1.99. The minimum absolute atomic E-state index is 0.206. The highest BCUT2D eigenvalue weighted by molar-refractivity contribution is 7.84. The quantitative estimate of drug-likeness (QED) is 0.913. The van der Waals surface area contributed by atoms with Crippen LogP contribution in [0.25, 0.3) is 0 Å². The molecule has 4 heteroatoms. The highest BCUT2D eigenvalue weighted by atomic mass is 32.2. The normalized spacial score (nSPS) is 12.3. The molecule has 0 aliphatic heterocycles. The number of carbonyl (C=O) groups is 1. The van der Waals surface area contributed by atoms with Crippen LogP contribution in [-0.2, 0) is 16.6 Å². The van der Waals surface area contributed by atoms with E-state index < -0.39 is 16.8 Å². The molecule has 2 aromatic carbocycles. The van der Waals surface area contributed by atoms with E-state index in [1.165, 1.54) is 17.7 Å². The summed E-state index contributed by atoms with van der Waals surface area (Å²) in [5.74, 6) is -0.0603. The second-order valence-electron chi connectivity index (χ2n) is 5.22. The third-order valence-corrected chi connectivity index (χ3v) is 4.70. The predicted octanol–water partition coefficient (Wildman–Crippen LogP) is 3.82. The van der Waals surface area contributed by atoms with Crippen molar-refractivity contribution >= 4 is 16.8 Å². The van der Waals surface area contributed by atoms with Gasteiger partial charge in [0.25, 0.3) is 0 Å². The minimum Gasteiger partial charge on any atom is -0.478 e. The fourth-order valence-corrected chi connectivity index (χ4v) is 3.08. The summed E-state index contributed by atoms with van der Waals surface area (Å²) in [5, 5.41) is 8.84. The van der Waals surface area contributed by atoms with Crippen molar-refractivity contribution in [2.75, 3.05) is 0 Å². The SMILES string of the molecule is CC(C)c1ccc(CS(=O)c2ccc(C(=O)O)cc2)cc1. The van der Waals surface area contributed by atoms with Crippen LogP contribution in [0.15, 0.2) is 53.4 Å². The number of carboxylic acids is 1. The maximum absolute atomic E-state index is 12.3. The fourth-order valence-electron chi connectivity index (χ4n) is 1.98. The van der Waals surface area contributed by atoms with E-state index in [1.54, 1.807) is 12.1 Å². The Hall–Kier alpha value is -1.94. The van der Waals surface area contributed by atoms with Crippen LogP contribution < -0.4 is 0 Å². The molecule has 0 saturated heterocycles. The van der Waals surface area contributed by atoms with Crippen LogP contribution in [0.4, 0.5) is 0 Å². The van der Waals surface area contributed by atoms with Crippen molar-refractivity contribution in [2.24, 2.45) is 0 Å². The van der Waals surface area contributed by atoms with E-state index in [-0.39, 0.29) is 5.56 Å². The molecule has 1 unspecified atom stereocenters. The van der Waals surface area contributed by atoms with Gasteiger partial charge in [0.2, 0.25) is 0 Å². The van der Waals surface area contributed by atoms with E-state index in [1.807, 2.05) is 12.1 Å². The number of benzene rings is 2. The standard InChI is InChI=1S/C17H18O3S/c1-12(2)14-5-3-13(4-6-14)11-21(20)16-9-7-15(8-10-16)17(18)19/h3-10,12H,11H2,1-2H3,(H,18,19). The van der Waals surface area contributed by atoms with Crippen molar-refractivity contribution in [1.29, 1.82) is 0 Å². The first kappa shape index (κ1) is 15.4. The van der Waals surface area contributed by atoms with Gasteiger partial charge in [-0.25, -0.2) is 4.79 Å². The van der Waals surface area contributed by atoms with Gasteiger partial charge < -0.3 is 5.11 Å². The predicted molar refractivity (Wildman–Crippen MR) is 84.0 cm³/mol. The Morgan fingerprint density at radius 2 is 1.62 bits per heavy atom. The van der Waals surface area contributed by atoms with E-state index in [9.17, 15) is 9.00 Å². The fraction of sp³-hybridized carbons (Fsp3) is 0.235. The molecule has 1 N–H and O–H groups in total. The zero-order chi connectivity index (χ0) is 15.4. The van der Waals surface area contributed by atoms with Gasteiger partial charge >= 0.3 is 5.97 Å². The van der Waals surface area contributed by atoms with Crippen LogP contribution in [0.3, 0.4) is 0 Å². The molecule has 21 heavy (non-hydrogen) atoms. The Morgan fingerprint density at radius 1 is 1.05 bits per heavy atom. The average molecular weight is 302 g/mol. The first-order chi connectivity index (χ1) is 9.97. The van der Waals surface area contributed by atoms with Crippen molar-refractivity contribution in [3.63, 3.8) is 0 Å². The molecule has 0 spiro atoms. The number of hydrogen-bond acceptors (Lipinski definition) is 2. The van der Waals surface area contributed by atoms with Gasteiger partial charge in [-0.1, -0.05) is 38.1 Å². The molecule has 0 aromatic heterocycles. The monoisotopic (exact) mass is 302 g/mol. The third kappa shape index (κ3) is 4.02. The summed E-state index contributed by atoms with van der Waals surface area (Å²) in [6.07, 6.45) is 0. The summed E-state index contributed by atoms with van der Waals surface area (Å²) in [6.45, 7) is 4.27. The number of rotatable bonds is 5. The number of hydrogen-bond donors (Lipinski definition) is 1. The highest BCUT2D eigenvalue weighted by Crippen LogP contribution is 2.17. The molecule has 0 heterocycles. The van der Waals surface area contributed by atoms with Crippen LogP contribution in [-0.4, -0.2) is 15.3 Å². The topological polar surface area (TPSA) is 54.4 Å². The van der Waals surface area contributed by atoms with Gasteiger partial charge in [0.1, 0.15) is 0 Å².